The molecule has 0 saturated heterocycles. The van der Waals surface area contributed by atoms with Crippen LogP contribution in [0.2, 0.25) is 0 Å². The molecule has 0 aliphatic carbocycles. The molecule has 0 saturated carbocycles. The zero-order valence-corrected chi connectivity index (χ0v) is 23.1. The first-order valence-electron chi connectivity index (χ1n) is 12.9. The molecule has 14 nitrogen and oxygen atoms in total. The van der Waals surface area contributed by atoms with Gasteiger partial charge < -0.3 is 49.7 Å². The van der Waals surface area contributed by atoms with E-state index >= 15 is 0 Å². The number of rotatable bonds is 23. The molecule has 0 spiro atoms. The van der Waals surface area contributed by atoms with Crippen LogP contribution in [0.25, 0.3) is 0 Å². The molecule has 4 N–H and O–H groups in total. The fourth-order valence-electron chi connectivity index (χ4n) is 2.76. The lowest BCUT2D eigenvalue weighted by Gasteiger charge is -2.14. The molecular formula is C24H46N4O10. The summed E-state index contributed by atoms with van der Waals surface area (Å²) in [6.45, 7) is 6.47. The second-order valence-corrected chi connectivity index (χ2v) is 8.20. The van der Waals surface area contributed by atoms with Crippen molar-refractivity contribution in [2.75, 3.05) is 80.2 Å². The number of carbonyl (C=O) groups excluding carboxylic acids is 4. The van der Waals surface area contributed by atoms with Gasteiger partial charge in [-0.1, -0.05) is 12.8 Å². The van der Waals surface area contributed by atoms with Crippen molar-refractivity contribution in [1.82, 2.24) is 21.3 Å². The zero-order chi connectivity index (χ0) is 28.4. The first-order valence-corrected chi connectivity index (χ1v) is 12.9. The Morgan fingerprint density at radius 1 is 0.553 bits per heavy atom. The van der Waals surface area contributed by atoms with Gasteiger partial charge in [0.25, 0.3) is 0 Å². The number of ether oxygens (including phenoxy) is 6. The molecule has 222 valence electrons. The van der Waals surface area contributed by atoms with E-state index in [1.54, 1.807) is 28.1 Å². The number of unbranched alkanes of at least 4 members (excludes halogenated alkanes) is 3. The van der Waals surface area contributed by atoms with Crippen LogP contribution in [0.5, 0.6) is 0 Å². The van der Waals surface area contributed by atoms with Crippen LogP contribution in [-0.4, -0.2) is 116 Å². The molecule has 0 aliphatic rings. The molecule has 2 atom stereocenters. The van der Waals surface area contributed by atoms with Gasteiger partial charge in [-0.05, 0) is 26.7 Å². The average Bonchev–Trinajstić information content (AvgIpc) is 2.89. The van der Waals surface area contributed by atoms with E-state index in [9.17, 15) is 19.2 Å². The molecule has 0 aliphatic heterocycles. The van der Waals surface area contributed by atoms with Gasteiger partial charge in [-0.25, -0.2) is 19.2 Å². The molecule has 0 aromatic heterocycles. The number of methoxy groups -OCH3 is 2. The topological polar surface area (TPSA) is 172 Å². The Hall–Kier alpha value is -2.68. The van der Waals surface area contributed by atoms with Crippen LogP contribution < -0.4 is 21.3 Å². The minimum Gasteiger partial charge on any atom is -0.462 e. The molecule has 38 heavy (non-hydrogen) atoms. The quantitative estimate of drug-likeness (QED) is 0.103. The third kappa shape index (κ3) is 21.4. The third-order valence-electron chi connectivity index (χ3n) is 4.88. The van der Waals surface area contributed by atoms with Gasteiger partial charge in [0.05, 0.1) is 39.6 Å². The van der Waals surface area contributed by atoms with Crippen LogP contribution in [0.1, 0.15) is 39.5 Å². The second-order valence-electron chi connectivity index (χ2n) is 8.20. The zero-order valence-electron chi connectivity index (χ0n) is 23.1. The predicted octanol–water partition coefficient (Wildman–Crippen LogP) is 0.335. The molecule has 0 rings (SSSR count). The van der Waals surface area contributed by atoms with E-state index < -0.39 is 36.1 Å². The highest BCUT2D eigenvalue weighted by atomic mass is 16.6. The van der Waals surface area contributed by atoms with Gasteiger partial charge in [0, 0.05) is 27.3 Å². The van der Waals surface area contributed by atoms with Gasteiger partial charge in [0.15, 0.2) is 0 Å². The van der Waals surface area contributed by atoms with Crippen molar-refractivity contribution in [2.45, 2.75) is 51.6 Å². The minimum atomic E-state index is -0.782. The lowest BCUT2D eigenvalue weighted by atomic mass is 10.2. The van der Waals surface area contributed by atoms with E-state index in [0.29, 0.717) is 39.5 Å². The summed E-state index contributed by atoms with van der Waals surface area (Å²) in [7, 11) is 3.14. The number of hydrogen-bond acceptors (Lipinski definition) is 10. The summed E-state index contributed by atoms with van der Waals surface area (Å²) in [4.78, 5) is 47.5. The van der Waals surface area contributed by atoms with Gasteiger partial charge in [-0.3, -0.25) is 0 Å². The number of urea groups is 2. The first-order chi connectivity index (χ1) is 18.3. The van der Waals surface area contributed by atoms with Crippen LogP contribution >= 0.6 is 0 Å². The van der Waals surface area contributed by atoms with Gasteiger partial charge in [0.1, 0.15) is 25.3 Å². The number of amides is 4. The summed E-state index contributed by atoms with van der Waals surface area (Å²) in [5.41, 5.74) is 0. The summed E-state index contributed by atoms with van der Waals surface area (Å²) in [5.74, 6) is -1.08. The Bertz CT molecular complexity index is 600. The molecule has 14 heteroatoms. The molecule has 4 amide bonds. The highest BCUT2D eigenvalue weighted by Crippen LogP contribution is 1.98. The van der Waals surface area contributed by atoms with Crippen molar-refractivity contribution in [3.05, 3.63) is 0 Å². The van der Waals surface area contributed by atoms with Gasteiger partial charge in [0.2, 0.25) is 0 Å². The number of nitrogens with one attached hydrogen (secondary N) is 4. The maximum Gasteiger partial charge on any atom is 0.328 e. The lowest BCUT2D eigenvalue weighted by molar-refractivity contribution is -0.147. The molecule has 0 aromatic rings. The highest BCUT2D eigenvalue weighted by Gasteiger charge is 2.17. The molecule has 0 radical (unpaired) electrons. The number of carbonyl (C=O) groups is 4. The Balaban J connectivity index is 3.68. The smallest absolute Gasteiger partial charge is 0.328 e. The van der Waals surface area contributed by atoms with Crippen molar-refractivity contribution >= 4 is 24.0 Å². The Labute approximate surface area is 225 Å². The van der Waals surface area contributed by atoms with Crippen molar-refractivity contribution < 1.29 is 47.6 Å². The standard InChI is InChI=1S/C24H46N4O10/c1-19(21(29)37-17-15-35-13-11-33-3)27-23(31)25-9-7-5-6-8-10-26-24(32)28-20(2)22(30)38-18-16-36-14-12-34-4/h19-20H,5-18H2,1-4H3,(H2,25,27,31)(H2,26,28,32). The normalized spacial score (nSPS) is 12.2. The lowest BCUT2D eigenvalue weighted by Crippen LogP contribution is -2.45. The SMILES string of the molecule is COCCOCCOC(=O)C(C)NC(=O)NCCCCCCNC(=O)NC(C)C(=O)OCCOCCOC. The monoisotopic (exact) mass is 550 g/mol. The molecule has 0 bridgehead atoms. The summed E-state index contributed by atoms with van der Waals surface area (Å²) in [6, 6.07) is -2.46. The maximum absolute atomic E-state index is 11.9. The van der Waals surface area contributed by atoms with E-state index in [-0.39, 0.29) is 26.4 Å². The van der Waals surface area contributed by atoms with Crippen molar-refractivity contribution in [2.24, 2.45) is 0 Å². The van der Waals surface area contributed by atoms with E-state index in [0.717, 1.165) is 25.7 Å². The van der Waals surface area contributed by atoms with Gasteiger partial charge in [-0.15, -0.1) is 0 Å². The minimum absolute atomic E-state index is 0.101. The van der Waals surface area contributed by atoms with Crippen LogP contribution in [0.4, 0.5) is 9.59 Å². The fourth-order valence-corrected chi connectivity index (χ4v) is 2.76. The van der Waals surface area contributed by atoms with E-state index in [1.165, 1.54) is 0 Å². The first kappa shape index (κ1) is 35.3. The van der Waals surface area contributed by atoms with Crippen LogP contribution in [0, 0.1) is 0 Å². The molecule has 0 heterocycles. The Morgan fingerprint density at radius 3 is 1.29 bits per heavy atom. The van der Waals surface area contributed by atoms with Crippen LogP contribution in [0.3, 0.4) is 0 Å². The van der Waals surface area contributed by atoms with Crippen LogP contribution in [0.15, 0.2) is 0 Å². The molecule has 0 aromatic carbocycles. The third-order valence-corrected chi connectivity index (χ3v) is 4.88. The predicted molar refractivity (Wildman–Crippen MR) is 138 cm³/mol. The fraction of sp³-hybridized carbons (Fsp3) is 0.833. The summed E-state index contributed by atoms with van der Waals surface area (Å²) in [5, 5.41) is 10.4. The molecule has 2 unspecified atom stereocenters. The maximum atomic E-state index is 11.9. The largest absolute Gasteiger partial charge is 0.462 e. The summed E-state index contributed by atoms with van der Waals surface area (Å²) in [6.07, 6.45) is 3.18. The molecule has 0 fully saturated rings. The van der Waals surface area contributed by atoms with Crippen molar-refractivity contribution in [3.8, 4) is 0 Å². The van der Waals surface area contributed by atoms with Gasteiger partial charge in [-0.2, -0.15) is 0 Å². The van der Waals surface area contributed by atoms with Crippen molar-refractivity contribution in [1.29, 1.82) is 0 Å². The van der Waals surface area contributed by atoms with Crippen LogP contribution in [-0.2, 0) is 38.0 Å². The second kappa shape index (κ2) is 24.6. The summed E-state index contributed by atoms with van der Waals surface area (Å²) < 4.78 is 30.1. The van der Waals surface area contributed by atoms with Crippen molar-refractivity contribution in [3.63, 3.8) is 0 Å². The van der Waals surface area contributed by atoms with E-state index in [1.807, 2.05) is 0 Å². The Kier molecular flexibility index (Phi) is 22.9. The number of hydrogen-bond donors (Lipinski definition) is 4. The van der Waals surface area contributed by atoms with Gasteiger partial charge >= 0.3 is 24.0 Å². The summed E-state index contributed by atoms with van der Waals surface area (Å²) >= 11 is 0. The molecular weight excluding hydrogens is 504 g/mol. The van der Waals surface area contributed by atoms with E-state index in [2.05, 4.69) is 21.3 Å². The van der Waals surface area contributed by atoms with E-state index in [4.69, 9.17) is 28.4 Å². The number of esters is 2. The highest BCUT2D eigenvalue weighted by molar-refractivity contribution is 5.83. The Morgan fingerprint density at radius 2 is 0.921 bits per heavy atom. The average molecular weight is 551 g/mol.